The molecule has 1 aromatic rings. The van der Waals surface area contributed by atoms with Crippen LogP contribution in [-0.4, -0.2) is 59.3 Å². The fourth-order valence-corrected chi connectivity index (χ4v) is 2.85. The van der Waals surface area contributed by atoms with Crippen LogP contribution in [0.1, 0.15) is 24.2 Å². The van der Waals surface area contributed by atoms with E-state index in [9.17, 15) is 9.90 Å². The van der Waals surface area contributed by atoms with Crippen LogP contribution < -0.4 is 0 Å². The topological polar surface area (TPSA) is 94.5 Å². The maximum Gasteiger partial charge on any atom is 0.340 e. The Morgan fingerprint density at radius 2 is 1.91 bits per heavy atom. The summed E-state index contributed by atoms with van der Waals surface area (Å²) in [6.07, 6.45) is -4.29. The number of hydrogen-bond donors (Lipinski definition) is 2. The average Bonchev–Trinajstić information content (AvgIpc) is 3.01. The largest absolute Gasteiger partial charge is 0.429 e. The van der Waals surface area contributed by atoms with Gasteiger partial charge >= 0.3 is 5.97 Å². The minimum Gasteiger partial charge on any atom is -0.429 e. The summed E-state index contributed by atoms with van der Waals surface area (Å²) in [7, 11) is 0. The van der Waals surface area contributed by atoms with Gasteiger partial charge in [-0.25, -0.2) is 4.79 Å². The van der Waals surface area contributed by atoms with E-state index in [-0.39, 0.29) is 0 Å². The van der Waals surface area contributed by atoms with Gasteiger partial charge in [-0.15, -0.1) is 0 Å². The third kappa shape index (κ3) is 3.24. The van der Waals surface area contributed by atoms with Crippen LogP contribution in [0.5, 0.6) is 0 Å². The predicted molar refractivity (Wildman–Crippen MR) is 77.4 cm³/mol. The molecule has 2 aliphatic heterocycles. The molecule has 0 saturated carbocycles. The summed E-state index contributed by atoms with van der Waals surface area (Å²) in [6, 6.07) is 8.51. The maximum absolute atomic E-state index is 12.2. The van der Waals surface area contributed by atoms with Crippen LogP contribution >= 0.6 is 0 Å². The molecule has 2 aliphatic rings. The van der Waals surface area contributed by atoms with Crippen LogP contribution in [0, 0.1) is 0 Å². The quantitative estimate of drug-likeness (QED) is 0.776. The molecule has 0 aliphatic carbocycles. The van der Waals surface area contributed by atoms with E-state index in [1.807, 2.05) is 0 Å². The molecule has 2 heterocycles. The molecule has 0 amide bonds. The van der Waals surface area contributed by atoms with Gasteiger partial charge in [-0.05, 0) is 26.0 Å². The van der Waals surface area contributed by atoms with Crippen molar-refractivity contribution in [2.75, 3.05) is 6.61 Å². The second-order valence-electron chi connectivity index (χ2n) is 6.06. The number of ether oxygens (including phenoxy) is 4. The Morgan fingerprint density at radius 1 is 1.26 bits per heavy atom. The SMILES string of the molecule is CC1(C)O[C@@H]2[C@@H](OC(=O)c3ccccc3)O[C@H](C(O)CO)[C@@H]2O1. The van der Waals surface area contributed by atoms with Gasteiger partial charge in [-0.1, -0.05) is 18.2 Å². The Bertz CT molecular complexity index is 559. The van der Waals surface area contributed by atoms with Gasteiger partial charge in [0.2, 0.25) is 6.29 Å². The van der Waals surface area contributed by atoms with Crippen LogP contribution in [0.4, 0.5) is 0 Å². The first kappa shape index (κ1) is 16.4. The van der Waals surface area contributed by atoms with Crippen LogP contribution in [0.15, 0.2) is 30.3 Å². The van der Waals surface area contributed by atoms with E-state index in [1.165, 1.54) is 0 Å². The summed E-state index contributed by atoms with van der Waals surface area (Å²) in [5.41, 5.74) is 0.386. The fourth-order valence-electron chi connectivity index (χ4n) is 2.85. The third-order valence-corrected chi connectivity index (χ3v) is 3.85. The molecule has 0 spiro atoms. The third-order valence-electron chi connectivity index (χ3n) is 3.85. The van der Waals surface area contributed by atoms with Gasteiger partial charge in [-0.2, -0.15) is 0 Å². The molecule has 1 unspecified atom stereocenters. The van der Waals surface area contributed by atoms with E-state index < -0.39 is 49.1 Å². The molecule has 2 saturated heterocycles. The second kappa shape index (κ2) is 6.18. The number of benzene rings is 1. The molecule has 5 atom stereocenters. The van der Waals surface area contributed by atoms with Gasteiger partial charge in [0.1, 0.15) is 18.3 Å². The molecule has 2 N–H and O–H groups in total. The van der Waals surface area contributed by atoms with Crippen molar-refractivity contribution >= 4 is 5.97 Å². The van der Waals surface area contributed by atoms with Crippen LogP contribution in [0.25, 0.3) is 0 Å². The first-order chi connectivity index (χ1) is 10.9. The summed E-state index contributed by atoms with van der Waals surface area (Å²) >= 11 is 0. The van der Waals surface area contributed by atoms with Gasteiger partial charge in [0, 0.05) is 0 Å². The molecule has 126 valence electrons. The van der Waals surface area contributed by atoms with Gasteiger partial charge in [0.15, 0.2) is 11.9 Å². The van der Waals surface area contributed by atoms with Crippen molar-refractivity contribution in [1.82, 2.24) is 0 Å². The van der Waals surface area contributed by atoms with E-state index >= 15 is 0 Å². The smallest absolute Gasteiger partial charge is 0.340 e. The van der Waals surface area contributed by atoms with Gasteiger partial charge in [0.25, 0.3) is 0 Å². The molecule has 1 aromatic carbocycles. The summed E-state index contributed by atoms with van der Waals surface area (Å²) in [5, 5.41) is 19.1. The highest BCUT2D eigenvalue weighted by Gasteiger charge is 2.58. The van der Waals surface area contributed by atoms with E-state index in [2.05, 4.69) is 0 Å². The number of esters is 1. The zero-order valence-electron chi connectivity index (χ0n) is 12.9. The molecular weight excluding hydrogens is 304 g/mol. The van der Waals surface area contributed by atoms with Crippen LogP contribution in [0.2, 0.25) is 0 Å². The zero-order chi connectivity index (χ0) is 16.6. The highest BCUT2D eigenvalue weighted by atomic mass is 16.8. The van der Waals surface area contributed by atoms with Crippen molar-refractivity contribution in [3.8, 4) is 0 Å². The summed E-state index contributed by atoms with van der Waals surface area (Å²) in [4.78, 5) is 12.2. The monoisotopic (exact) mass is 324 g/mol. The molecule has 3 rings (SSSR count). The van der Waals surface area contributed by atoms with Crippen molar-refractivity contribution in [1.29, 1.82) is 0 Å². The number of rotatable bonds is 4. The molecule has 0 aromatic heterocycles. The number of carbonyl (C=O) groups excluding carboxylic acids is 1. The average molecular weight is 324 g/mol. The van der Waals surface area contributed by atoms with Crippen LogP contribution in [-0.2, 0) is 18.9 Å². The number of hydrogen-bond acceptors (Lipinski definition) is 7. The zero-order valence-corrected chi connectivity index (χ0v) is 12.9. The van der Waals surface area contributed by atoms with E-state index in [4.69, 9.17) is 24.1 Å². The highest BCUT2D eigenvalue weighted by molar-refractivity contribution is 5.89. The normalized spacial score (nSPS) is 33.2. The van der Waals surface area contributed by atoms with Crippen molar-refractivity contribution in [2.24, 2.45) is 0 Å². The molecule has 7 nitrogen and oxygen atoms in total. The van der Waals surface area contributed by atoms with Crippen molar-refractivity contribution in [2.45, 2.75) is 50.3 Å². The fraction of sp³-hybridized carbons (Fsp3) is 0.562. The number of carbonyl (C=O) groups is 1. The van der Waals surface area contributed by atoms with Crippen molar-refractivity contribution in [3.05, 3.63) is 35.9 Å². The Labute approximate surface area is 133 Å². The Balaban J connectivity index is 1.75. The molecule has 0 bridgehead atoms. The van der Waals surface area contributed by atoms with E-state index in [1.54, 1.807) is 44.2 Å². The molecular formula is C16H20O7. The number of aliphatic hydroxyl groups excluding tert-OH is 2. The standard InChI is InChI=1S/C16H20O7/c1-16(2)22-12-11(10(18)8-17)20-15(13(12)23-16)21-14(19)9-6-4-3-5-7-9/h3-7,10-13,15,17-18H,8H2,1-2H3/t10?,11-,12+,13+,15-/m1/s1. The lowest BCUT2D eigenvalue weighted by Gasteiger charge is -2.25. The molecule has 0 radical (unpaired) electrons. The van der Waals surface area contributed by atoms with E-state index in [0.29, 0.717) is 5.56 Å². The molecule has 7 heteroatoms. The highest BCUT2D eigenvalue weighted by Crippen LogP contribution is 2.40. The van der Waals surface area contributed by atoms with Crippen molar-refractivity contribution in [3.63, 3.8) is 0 Å². The Morgan fingerprint density at radius 3 is 2.57 bits per heavy atom. The van der Waals surface area contributed by atoms with E-state index in [0.717, 1.165) is 0 Å². The minimum atomic E-state index is -1.15. The van der Waals surface area contributed by atoms with Crippen molar-refractivity contribution < 1.29 is 34.0 Å². The first-order valence-corrected chi connectivity index (χ1v) is 7.47. The summed E-state index contributed by atoms with van der Waals surface area (Å²) in [6.45, 7) is 2.96. The Kier molecular flexibility index (Phi) is 4.39. The number of fused-ring (bicyclic) bond motifs is 1. The predicted octanol–water partition coefficient (Wildman–Crippen LogP) is 0.442. The second-order valence-corrected chi connectivity index (χ2v) is 6.06. The Hall–Kier alpha value is -1.51. The lowest BCUT2D eigenvalue weighted by Crippen LogP contribution is -2.40. The lowest BCUT2D eigenvalue weighted by atomic mass is 10.1. The minimum absolute atomic E-state index is 0.386. The lowest BCUT2D eigenvalue weighted by molar-refractivity contribution is -0.231. The summed E-state index contributed by atoms with van der Waals surface area (Å²) < 4.78 is 22.4. The van der Waals surface area contributed by atoms with Gasteiger partial charge in [0.05, 0.1) is 12.2 Å². The van der Waals surface area contributed by atoms with Gasteiger partial charge < -0.3 is 29.2 Å². The van der Waals surface area contributed by atoms with Gasteiger partial charge in [-0.3, -0.25) is 0 Å². The summed E-state index contributed by atoms with van der Waals surface area (Å²) in [5.74, 6) is -1.44. The maximum atomic E-state index is 12.2. The first-order valence-electron chi connectivity index (χ1n) is 7.47. The number of aliphatic hydroxyl groups is 2. The molecule has 2 fully saturated rings. The molecule has 23 heavy (non-hydrogen) atoms. The van der Waals surface area contributed by atoms with Crippen LogP contribution in [0.3, 0.4) is 0 Å².